The van der Waals surface area contributed by atoms with Crippen molar-refractivity contribution < 1.29 is 13.9 Å². The molecule has 0 radical (unpaired) electrons. The molecule has 0 bridgehead atoms. The maximum Gasteiger partial charge on any atom is 0.254 e. The van der Waals surface area contributed by atoms with Gasteiger partial charge in [0, 0.05) is 67.9 Å². The van der Waals surface area contributed by atoms with E-state index in [1.165, 1.54) is 5.69 Å². The summed E-state index contributed by atoms with van der Waals surface area (Å²) in [5, 5.41) is 5.93. The predicted molar refractivity (Wildman–Crippen MR) is 111 cm³/mol. The molecule has 1 amide bonds. The molecule has 1 saturated heterocycles. The molecule has 5 heterocycles. The second kappa shape index (κ2) is 7.64. The van der Waals surface area contributed by atoms with Gasteiger partial charge in [-0.2, -0.15) is 0 Å². The number of likely N-dealkylation sites (N-methyl/N-ethyl adjacent to an activating group) is 1. The number of pyridine rings is 1. The Hall–Kier alpha value is -2.49. The zero-order valence-corrected chi connectivity index (χ0v) is 17.1. The minimum absolute atomic E-state index is 0.128. The molecule has 0 aliphatic carbocycles. The third-order valence-electron chi connectivity index (χ3n) is 6.36. The lowest BCUT2D eigenvalue weighted by Crippen LogP contribution is -2.48. The van der Waals surface area contributed by atoms with E-state index in [-0.39, 0.29) is 30.4 Å². The monoisotopic (exact) mass is 414 g/mol. The van der Waals surface area contributed by atoms with Crippen molar-refractivity contribution >= 4 is 11.7 Å². The van der Waals surface area contributed by atoms with Crippen molar-refractivity contribution in [3.8, 4) is 11.3 Å². The van der Waals surface area contributed by atoms with Crippen LogP contribution in [0.25, 0.3) is 11.3 Å². The largest absolute Gasteiger partial charge is 0.380 e. The zero-order valence-electron chi connectivity index (χ0n) is 17.1. The minimum atomic E-state index is -0.480. The van der Waals surface area contributed by atoms with Gasteiger partial charge in [0.15, 0.2) is 11.6 Å². The highest BCUT2D eigenvalue weighted by Crippen LogP contribution is 2.34. The first-order valence-corrected chi connectivity index (χ1v) is 10.6. The molecule has 1 fully saturated rings. The molecule has 30 heavy (non-hydrogen) atoms. The Balaban J connectivity index is 1.56. The Bertz CT molecular complexity index is 990. The number of amides is 1. The number of aromatic nitrogens is 2. The summed E-state index contributed by atoms with van der Waals surface area (Å²) in [6, 6.07) is 1.70. The second-order valence-electron chi connectivity index (χ2n) is 8.22. The summed E-state index contributed by atoms with van der Waals surface area (Å²) in [5.74, 6) is -0.603. The molecule has 4 N–H and O–H groups in total. The first kappa shape index (κ1) is 19.5. The molecule has 9 heteroatoms. The number of nitrogens with zero attached hydrogens (tertiary/aromatic N) is 3. The van der Waals surface area contributed by atoms with Gasteiger partial charge in [0.25, 0.3) is 5.91 Å². The van der Waals surface area contributed by atoms with Crippen LogP contribution in [-0.2, 0) is 24.4 Å². The van der Waals surface area contributed by atoms with Gasteiger partial charge in [-0.1, -0.05) is 6.92 Å². The summed E-state index contributed by atoms with van der Waals surface area (Å²) in [6.07, 6.45) is 2.71. The van der Waals surface area contributed by atoms with Gasteiger partial charge in [0.05, 0.1) is 17.9 Å². The molecule has 8 nitrogen and oxygen atoms in total. The Morgan fingerprint density at radius 2 is 2.30 bits per heavy atom. The van der Waals surface area contributed by atoms with Gasteiger partial charge >= 0.3 is 0 Å². The molecule has 0 aromatic carbocycles. The highest BCUT2D eigenvalue weighted by Gasteiger charge is 2.32. The number of nitrogens with two attached hydrogens (primary N) is 1. The summed E-state index contributed by atoms with van der Waals surface area (Å²) >= 11 is 0. The Kier molecular flexibility index (Phi) is 4.96. The summed E-state index contributed by atoms with van der Waals surface area (Å²) in [5.41, 5.74) is 9.39. The lowest BCUT2D eigenvalue weighted by atomic mass is 10.0. The normalized spacial score (nSPS) is 23.8. The van der Waals surface area contributed by atoms with Crippen molar-refractivity contribution in [2.24, 2.45) is 5.73 Å². The summed E-state index contributed by atoms with van der Waals surface area (Å²) < 4.78 is 22.8. The number of hydrogen-bond acceptors (Lipinski definition) is 6. The summed E-state index contributed by atoms with van der Waals surface area (Å²) in [6.45, 7) is 7.05. The Morgan fingerprint density at radius 3 is 3.10 bits per heavy atom. The van der Waals surface area contributed by atoms with Gasteiger partial charge in [0.1, 0.15) is 0 Å². The van der Waals surface area contributed by atoms with Crippen molar-refractivity contribution in [1.29, 1.82) is 0 Å². The van der Waals surface area contributed by atoms with Gasteiger partial charge in [-0.15, -0.1) is 0 Å². The SMILES string of the molecule is CCN1CCn2cc(-c3nc(NC4CCOCC4N)c(F)c4c3C(=O)NC4)cc2C1. The molecule has 5 rings (SSSR count). The van der Waals surface area contributed by atoms with Crippen molar-refractivity contribution in [3.05, 3.63) is 34.9 Å². The Labute approximate surface area is 174 Å². The first-order chi connectivity index (χ1) is 14.5. The molecule has 2 unspecified atom stereocenters. The Morgan fingerprint density at radius 1 is 1.43 bits per heavy atom. The number of carbonyl (C=O) groups is 1. The smallest absolute Gasteiger partial charge is 0.254 e. The molecule has 0 spiro atoms. The fraction of sp³-hybridized carbons (Fsp3) is 0.524. The van der Waals surface area contributed by atoms with Crippen LogP contribution in [0.3, 0.4) is 0 Å². The number of rotatable bonds is 4. The molecule has 2 aromatic rings. The number of carbonyl (C=O) groups excluding carboxylic acids is 1. The van der Waals surface area contributed by atoms with Crippen LogP contribution in [0.15, 0.2) is 12.3 Å². The predicted octanol–water partition coefficient (Wildman–Crippen LogP) is 1.30. The number of fused-ring (bicyclic) bond motifs is 2. The zero-order chi connectivity index (χ0) is 20.8. The number of anilines is 1. The summed E-state index contributed by atoms with van der Waals surface area (Å²) in [4.78, 5) is 19.5. The molecule has 2 aromatic heterocycles. The number of nitrogens with one attached hydrogen (secondary N) is 2. The van der Waals surface area contributed by atoms with E-state index in [4.69, 9.17) is 10.5 Å². The fourth-order valence-electron chi connectivity index (χ4n) is 4.55. The van der Waals surface area contributed by atoms with Crippen LogP contribution in [0.1, 0.15) is 35.0 Å². The molecule has 2 atom stereocenters. The van der Waals surface area contributed by atoms with Crippen LogP contribution >= 0.6 is 0 Å². The summed E-state index contributed by atoms with van der Waals surface area (Å²) in [7, 11) is 0. The van der Waals surface area contributed by atoms with Crippen LogP contribution in [0.5, 0.6) is 0 Å². The topological polar surface area (TPSA) is 97.4 Å². The van der Waals surface area contributed by atoms with Crippen LogP contribution in [0.2, 0.25) is 0 Å². The number of hydrogen-bond donors (Lipinski definition) is 3. The van der Waals surface area contributed by atoms with Gasteiger partial charge in [-0.3, -0.25) is 9.69 Å². The van der Waals surface area contributed by atoms with Gasteiger partial charge in [0.2, 0.25) is 0 Å². The van der Waals surface area contributed by atoms with Crippen molar-refractivity contribution in [2.45, 2.75) is 45.1 Å². The van der Waals surface area contributed by atoms with E-state index >= 15 is 4.39 Å². The van der Waals surface area contributed by atoms with E-state index in [9.17, 15) is 4.79 Å². The molecular weight excluding hydrogens is 387 g/mol. The van der Waals surface area contributed by atoms with Crippen molar-refractivity contribution in [1.82, 2.24) is 19.8 Å². The van der Waals surface area contributed by atoms with E-state index in [1.54, 1.807) is 0 Å². The van der Waals surface area contributed by atoms with Gasteiger partial charge < -0.3 is 25.7 Å². The third kappa shape index (κ3) is 3.27. The lowest BCUT2D eigenvalue weighted by Gasteiger charge is -2.30. The molecular formula is C21H27FN6O2. The highest BCUT2D eigenvalue weighted by atomic mass is 19.1. The second-order valence-corrected chi connectivity index (χ2v) is 8.22. The van der Waals surface area contributed by atoms with Crippen LogP contribution in [0.4, 0.5) is 10.2 Å². The minimum Gasteiger partial charge on any atom is -0.380 e. The number of halogens is 1. The molecule has 3 aliphatic heterocycles. The fourth-order valence-corrected chi connectivity index (χ4v) is 4.55. The third-order valence-corrected chi connectivity index (χ3v) is 6.36. The molecule has 3 aliphatic rings. The van der Waals surface area contributed by atoms with E-state index in [0.717, 1.165) is 31.7 Å². The first-order valence-electron chi connectivity index (χ1n) is 10.6. The molecule has 0 saturated carbocycles. The standard InChI is InChI=1S/C21H27FN6O2/c1-2-27-4-5-28-9-12(7-13(28)10-27)19-17-14(8-24-21(17)29)18(22)20(26-19)25-16-3-6-30-11-15(16)23/h7,9,15-16H,2-6,8,10-11,23H2,1H3,(H,24,29)(H,25,26). The van der Waals surface area contributed by atoms with Crippen LogP contribution in [-0.4, -0.2) is 58.7 Å². The average Bonchev–Trinajstić information content (AvgIpc) is 3.35. The van der Waals surface area contributed by atoms with E-state index in [1.807, 2.05) is 6.20 Å². The highest BCUT2D eigenvalue weighted by molar-refractivity contribution is 6.04. The molecule has 160 valence electrons. The lowest BCUT2D eigenvalue weighted by molar-refractivity contribution is 0.0751. The van der Waals surface area contributed by atoms with Gasteiger partial charge in [-0.25, -0.2) is 9.37 Å². The number of ether oxygens (including phenoxy) is 1. The van der Waals surface area contributed by atoms with E-state index < -0.39 is 5.82 Å². The van der Waals surface area contributed by atoms with E-state index in [0.29, 0.717) is 36.5 Å². The van der Waals surface area contributed by atoms with Crippen molar-refractivity contribution in [3.63, 3.8) is 0 Å². The quantitative estimate of drug-likeness (QED) is 0.698. The maximum absolute atomic E-state index is 15.2. The van der Waals surface area contributed by atoms with Gasteiger partial charge in [-0.05, 0) is 19.0 Å². The van der Waals surface area contributed by atoms with E-state index in [2.05, 4.69) is 38.1 Å². The maximum atomic E-state index is 15.2. The van der Waals surface area contributed by atoms with Crippen LogP contribution < -0.4 is 16.4 Å². The average molecular weight is 414 g/mol. The van der Waals surface area contributed by atoms with Crippen LogP contribution in [0, 0.1) is 5.82 Å². The van der Waals surface area contributed by atoms with Crippen molar-refractivity contribution in [2.75, 3.05) is 31.6 Å².